The van der Waals surface area contributed by atoms with E-state index >= 15 is 0 Å². The number of rotatable bonds is 5. The van der Waals surface area contributed by atoms with E-state index in [1.165, 1.54) is 12.1 Å². The van der Waals surface area contributed by atoms with Gasteiger partial charge in [0.05, 0.1) is 0 Å². The van der Waals surface area contributed by atoms with Crippen molar-refractivity contribution in [2.24, 2.45) is 0 Å². The van der Waals surface area contributed by atoms with E-state index in [0.717, 1.165) is 11.1 Å². The molecule has 4 heteroatoms. The molecule has 2 aromatic rings. The van der Waals surface area contributed by atoms with Gasteiger partial charge in [-0.15, -0.1) is 0 Å². The van der Waals surface area contributed by atoms with E-state index in [4.69, 9.17) is 4.74 Å². The fraction of sp³-hybridized carbons (Fsp3) is 0.286. The SMILES string of the molecule is CNC(C)c1ccc(F)cc1OCc1ccsc1. The van der Waals surface area contributed by atoms with Gasteiger partial charge >= 0.3 is 0 Å². The van der Waals surface area contributed by atoms with Gasteiger partial charge < -0.3 is 10.1 Å². The van der Waals surface area contributed by atoms with Gasteiger partial charge in [-0.25, -0.2) is 4.39 Å². The first-order valence-electron chi connectivity index (χ1n) is 5.81. The summed E-state index contributed by atoms with van der Waals surface area (Å²) in [4.78, 5) is 0. The van der Waals surface area contributed by atoms with Crippen LogP contribution in [0.5, 0.6) is 5.75 Å². The number of hydrogen-bond acceptors (Lipinski definition) is 3. The molecule has 18 heavy (non-hydrogen) atoms. The second-order valence-corrected chi connectivity index (χ2v) is 4.89. The molecule has 1 unspecified atom stereocenters. The molecule has 0 aliphatic rings. The predicted molar refractivity (Wildman–Crippen MR) is 72.5 cm³/mol. The molecule has 0 aliphatic heterocycles. The summed E-state index contributed by atoms with van der Waals surface area (Å²) in [5.41, 5.74) is 2.07. The molecule has 0 spiro atoms. The average Bonchev–Trinajstić information content (AvgIpc) is 2.88. The van der Waals surface area contributed by atoms with Crippen LogP contribution in [0.2, 0.25) is 0 Å². The first-order valence-corrected chi connectivity index (χ1v) is 6.75. The molecule has 96 valence electrons. The molecule has 0 saturated heterocycles. The number of benzene rings is 1. The van der Waals surface area contributed by atoms with Gasteiger partial charge in [0.2, 0.25) is 0 Å². The van der Waals surface area contributed by atoms with Gasteiger partial charge in [-0.05, 0) is 42.4 Å². The van der Waals surface area contributed by atoms with Gasteiger partial charge in [0.25, 0.3) is 0 Å². The van der Waals surface area contributed by atoms with Gasteiger partial charge in [-0.1, -0.05) is 6.07 Å². The number of nitrogens with one attached hydrogen (secondary N) is 1. The van der Waals surface area contributed by atoms with Gasteiger partial charge in [-0.2, -0.15) is 11.3 Å². The summed E-state index contributed by atoms with van der Waals surface area (Å²) in [5, 5.41) is 7.16. The zero-order valence-electron chi connectivity index (χ0n) is 10.4. The highest BCUT2D eigenvalue weighted by atomic mass is 32.1. The van der Waals surface area contributed by atoms with Crippen molar-refractivity contribution in [1.82, 2.24) is 5.32 Å². The Morgan fingerprint density at radius 1 is 1.39 bits per heavy atom. The van der Waals surface area contributed by atoms with E-state index in [0.29, 0.717) is 12.4 Å². The van der Waals surface area contributed by atoms with Gasteiger partial charge in [-0.3, -0.25) is 0 Å². The third kappa shape index (κ3) is 3.09. The van der Waals surface area contributed by atoms with E-state index in [2.05, 4.69) is 5.32 Å². The largest absolute Gasteiger partial charge is 0.488 e. The molecule has 1 aromatic heterocycles. The summed E-state index contributed by atoms with van der Waals surface area (Å²) in [6, 6.07) is 6.80. The van der Waals surface area contributed by atoms with Crippen LogP contribution in [0, 0.1) is 5.82 Å². The van der Waals surface area contributed by atoms with E-state index < -0.39 is 0 Å². The van der Waals surface area contributed by atoms with E-state index in [9.17, 15) is 4.39 Å². The molecule has 0 aliphatic carbocycles. The molecule has 1 heterocycles. The van der Waals surface area contributed by atoms with Crippen molar-refractivity contribution < 1.29 is 9.13 Å². The maximum absolute atomic E-state index is 13.3. The minimum absolute atomic E-state index is 0.128. The lowest BCUT2D eigenvalue weighted by Crippen LogP contribution is -2.13. The van der Waals surface area contributed by atoms with Gasteiger partial charge in [0.1, 0.15) is 18.2 Å². The van der Waals surface area contributed by atoms with E-state index in [1.807, 2.05) is 30.8 Å². The Kier molecular flexibility index (Phi) is 4.33. The first kappa shape index (κ1) is 13.1. The summed E-state index contributed by atoms with van der Waals surface area (Å²) >= 11 is 1.63. The second kappa shape index (κ2) is 5.98. The Balaban J connectivity index is 2.17. The zero-order valence-corrected chi connectivity index (χ0v) is 11.3. The van der Waals surface area contributed by atoms with Crippen LogP contribution < -0.4 is 10.1 Å². The lowest BCUT2D eigenvalue weighted by molar-refractivity contribution is 0.299. The van der Waals surface area contributed by atoms with Crippen LogP contribution in [0.1, 0.15) is 24.1 Å². The Hall–Kier alpha value is -1.39. The van der Waals surface area contributed by atoms with Crippen LogP contribution in [-0.2, 0) is 6.61 Å². The summed E-state index contributed by atoms with van der Waals surface area (Å²) in [6.07, 6.45) is 0. The zero-order chi connectivity index (χ0) is 13.0. The lowest BCUT2D eigenvalue weighted by atomic mass is 10.1. The van der Waals surface area contributed by atoms with Crippen LogP contribution in [0.15, 0.2) is 35.0 Å². The fourth-order valence-electron chi connectivity index (χ4n) is 1.68. The monoisotopic (exact) mass is 265 g/mol. The van der Waals surface area contributed by atoms with Crippen LogP contribution in [0.4, 0.5) is 4.39 Å². The predicted octanol–water partition coefficient (Wildman–Crippen LogP) is 3.75. The van der Waals surface area contributed by atoms with Crippen molar-refractivity contribution in [3.05, 3.63) is 52.0 Å². The maximum Gasteiger partial charge on any atom is 0.127 e. The molecule has 0 bridgehead atoms. The molecule has 1 aromatic carbocycles. The normalized spacial score (nSPS) is 12.4. The molecule has 2 nitrogen and oxygen atoms in total. The van der Waals surface area contributed by atoms with Crippen LogP contribution >= 0.6 is 11.3 Å². The highest BCUT2D eigenvalue weighted by Gasteiger charge is 2.11. The molecule has 1 N–H and O–H groups in total. The minimum Gasteiger partial charge on any atom is -0.488 e. The smallest absolute Gasteiger partial charge is 0.127 e. The summed E-state index contributed by atoms with van der Waals surface area (Å²) in [6.45, 7) is 2.49. The molecule has 0 saturated carbocycles. The molecular formula is C14H16FNOS. The van der Waals surface area contributed by atoms with Crippen molar-refractivity contribution >= 4 is 11.3 Å². The first-order chi connectivity index (χ1) is 8.70. The van der Waals surface area contributed by atoms with Crippen LogP contribution in [0.3, 0.4) is 0 Å². The van der Waals surface area contributed by atoms with Crippen molar-refractivity contribution in [3.63, 3.8) is 0 Å². The Morgan fingerprint density at radius 3 is 2.89 bits per heavy atom. The number of hydrogen-bond donors (Lipinski definition) is 1. The Labute approximate surface area is 110 Å². The third-order valence-electron chi connectivity index (χ3n) is 2.85. The quantitative estimate of drug-likeness (QED) is 0.889. The average molecular weight is 265 g/mol. The third-order valence-corrected chi connectivity index (χ3v) is 3.58. The summed E-state index contributed by atoms with van der Waals surface area (Å²) < 4.78 is 19.0. The van der Waals surface area contributed by atoms with Crippen molar-refractivity contribution in [1.29, 1.82) is 0 Å². The second-order valence-electron chi connectivity index (χ2n) is 4.11. The fourth-order valence-corrected chi connectivity index (χ4v) is 2.34. The Bertz CT molecular complexity index is 499. The lowest BCUT2D eigenvalue weighted by Gasteiger charge is -2.16. The highest BCUT2D eigenvalue weighted by Crippen LogP contribution is 2.26. The summed E-state index contributed by atoms with van der Waals surface area (Å²) in [7, 11) is 1.87. The molecule has 0 amide bonds. The molecule has 2 rings (SSSR count). The van der Waals surface area contributed by atoms with Crippen LogP contribution in [-0.4, -0.2) is 7.05 Å². The van der Waals surface area contributed by atoms with Gasteiger partial charge in [0.15, 0.2) is 0 Å². The number of halogens is 1. The molecular weight excluding hydrogens is 249 g/mol. The van der Waals surface area contributed by atoms with Crippen molar-refractivity contribution in [2.45, 2.75) is 19.6 Å². The maximum atomic E-state index is 13.3. The van der Waals surface area contributed by atoms with E-state index in [-0.39, 0.29) is 11.9 Å². The molecule has 1 atom stereocenters. The van der Waals surface area contributed by atoms with Crippen LogP contribution in [0.25, 0.3) is 0 Å². The molecule has 0 fully saturated rings. The number of thiophene rings is 1. The standard InChI is InChI=1S/C14H16FNOS/c1-10(16-2)13-4-3-12(15)7-14(13)17-8-11-5-6-18-9-11/h3-7,9-10,16H,8H2,1-2H3. The summed E-state index contributed by atoms with van der Waals surface area (Å²) in [5.74, 6) is 0.324. The number of ether oxygens (including phenoxy) is 1. The van der Waals surface area contributed by atoms with Crippen molar-refractivity contribution in [2.75, 3.05) is 7.05 Å². The highest BCUT2D eigenvalue weighted by molar-refractivity contribution is 7.07. The van der Waals surface area contributed by atoms with E-state index in [1.54, 1.807) is 17.4 Å². The topological polar surface area (TPSA) is 21.3 Å². The molecule has 0 radical (unpaired) electrons. The van der Waals surface area contributed by atoms with Gasteiger partial charge in [0, 0.05) is 17.7 Å². The van der Waals surface area contributed by atoms with Crippen molar-refractivity contribution in [3.8, 4) is 5.75 Å². The Morgan fingerprint density at radius 2 is 2.22 bits per heavy atom. The minimum atomic E-state index is -0.276.